The molecule has 3 N–H and O–H groups in total. The second-order valence-corrected chi connectivity index (χ2v) is 2.88. The van der Waals surface area contributed by atoms with E-state index in [2.05, 4.69) is 0 Å². The second kappa shape index (κ2) is 7.49. The van der Waals surface area contributed by atoms with E-state index >= 15 is 0 Å². The maximum atomic E-state index is 8.98. The Labute approximate surface area is 73.7 Å². The highest BCUT2D eigenvalue weighted by Crippen LogP contribution is 1.88. The average Bonchev–Trinajstić information content (AvgIpc) is 2.03. The third-order valence-electron chi connectivity index (χ3n) is 1.26. The summed E-state index contributed by atoms with van der Waals surface area (Å²) < 4.78 is 10.3. The highest BCUT2D eigenvalue weighted by molar-refractivity contribution is 4.51. The Bertz CT molecular complexity index is 98.3. The molecule has 0 aromatic rings. The van der Waals surface area contributed by atoms with Crippen LogP contribution >= 0.6 is 0 Å². The molecule has 0 radical (unpaired) electrons. The topological polar surface area (TPSA) is 64.7 Å². The van der Waals surface area contributed by atoms with Crippen molar-refractivity contribution in [2.45, 2.75) is 26.1 Å². The molecule has 0 saturated heterocycles. The quantitative estimate of drug-likeness (QED) is 0.526. The Morgan fingerprint density at radius 1 is 1.33 bits per heavy atom. The number of ether oxygens (including phenoxy) is 2. The van der Waals surface area contributed by atoms with Crippen LogP contribution in [0.1, 0.15) is 13.8 Å². The van der Waals surface area contributed by atoms with Crippen molar-refractivity contribution in [3.05, 3.63) is 0 Å². The summed E-state index contributed by atoms with van der Waals surface area (Å²) in [7, 11) is 0. The molecular formula is C8H19NO3. The average molecular weight is 177 g/mol. The first-order valence-corrected chi connectivity index (χ1v) is 4.24. The summed E-state index contributed by atoms with van der Waals surface area (Å²) in [6, 6.07) is 0. The fraction of sp³-hybridized carbons (Fsp3) is 1.00. The number of rotatable bonds is 7. The van der Waals surface area contributed by atoms with E-state index in [4.69, 9.17) is 20.3 Å². The molecule has 0 fully saturated rings. The number of nitrogens with two attached hydrogens (primary N) is 1. The maximum Gasteiger partial charge on any atom is 0.0895 e. The van der Waals surface area contributed by atoms with Crippen LogP contribution in [0.25, 0.3) is 0 Å². The third-order valence-corrected chi connectivity index (χ3v) is 1.26. The van der Waals surface area contributed by atoms with E-state index in [0.29, 0.717) is 13.2 Å². The van der Waals surface area contributed by atoms with Crippen molar-refractivity contribution in [1.82, 2.24) is 0 Å². The van der Waals surface area contributed by atoms with E-state index < -0.39 is 6.10 Å². The lowest BCUT2D eigenvalue weighted by molar-refractivity contribution is -0.00819. The molecule has 1 atom stereocenters. The van der Waals surface area contributed by atoms with Crippen LogP contribution in [0.15, 0.2) is 0 Å². The number of aliphatic hydroxyl groups excluding tert-OH is 1. The van der Waals surface area contributed by atoms with E-state index in [-0.39, 0.29) is 19.3 Å². The van der Waals surface area contributed by atoms with Gasteiger partial charge in [-0.15, -0.1) is 0 Å². The van der Waals surface area contributed by atoms with Crippen LogP contribution < -0.4 is 5.73 Å². The SMILES string of the molecule is CC(C)OCCOCC(O)CN. The first kappa shape index (κ1) is 11.8. The molecule has 1 unspecified atom stereocenters. The van der Waals surface area contributed by atoms with Gasteiger partial charge in [0, 0.05) is 6.54 Å². The van der Waals surface area contributed by atoms with E-state index in [0.717, 1.165) is 0 Å². The first-order chi connectivity index (χ1) is 5.66. The Balaban J connectivity index is 3.00. The number of hydrogen-bond acceptors (Lipinski definition) is 4. The molecule has 0 aromatic carbocycles. The zero-order valence-corrected chi connectivity index (χ0v) is 7.82. The van der Waals surface area contributed by atoms with Crippen molar-refractivity contribution >= 4 is 0 Å². The molecule has 0 aliphatic heterocycles. The van der Waals surface area contributed by atoms with Crippen LogP contribution in [-0.2, 0) is 9.47 Å². The van der Waals surface area contributed by atoms with Crippen LogP contribution in [0.5, 0.6) is 0 Å². The van der Waals surface area contributed by atoms with Crippen molar-refractivity contribution in [1.29, 1.82) is 0 Å². The van der Waals surface area contributed by atoms with Gasteiger partial charge in [0.25, 0.3) is 0 Å². The lowest BCUT2D eigenvalue weighted by Gasteiger charge is -2.10. The van der Waals surface area contributed by atoms with Crippen molar-refractivity contribution in [2.24, 2.45) is 5.73 Å². The van der Waals surface area contributed by atoms with E-state index in [1.807, 2.05) is 13.8 Å². The normalized spacial score (nSPS) is 13.8. The van der Waals surface area contributed by atoms with Crippen LogP contribution in [-0.4, -0.2) is 43.7 Å². The zero-order valence-electron chi connectivity index (χ0n) is 7.82. The summed E-state index contributed by atoms with van der Waals surface area (Å²) >= 11 is 0. The van der Waals surface area contributed by atoms with E-state index in [1.165, 1.54) is 0 Å². The van der Waals surface area contributed by atoms with Gasteiger partial charge in [0.05, 0.1) is 32.0 Å². The van der Waals surface area contributed by atoms with Crippen molar-refractivity contribution in [3.8, 4) is 0 Å². The first-order valence-electron chi connectivity index (χ1n) is 4.24. The van der Waals surface area contributed by atoms with Gasteiger partial charge in [-0.2, -0.15) is 0 Å². The molecule has 0 bridgehead atoms. The van der Waals surface area contributed by atoms with Gasteiger partial charge in [0.15, 0.2) is 0 Å². The van der Waals surface area contributed by atoms with Crippen molar-refractivity contribution < 1.29 is 14.6 Å². The lowest BCUT2D eigenvalue weighted by Crippen LogP contribution is -2.26. The second-order valence-electron chi connectivity index (χ2n) is 2.88. The zero-order chi connectivity index (χ0) is 9.40. The molecule has 4 nitrogen and oxygen atoms in total. The van der Waals surface area contributed by atoms with Crippen molar-refractivity contribution in [3.63, 3.8) is 0 Å². The van der Waals surface area contributed by atoms with Gasteiger partial charge in [0.2, 0.25) is 0 Å². The number of hydrogen-bond donors (Lipinski definition) is 2. The molecule has 0 aliphatic rings. The molecule has 0 spiro atoms. The molecule has 12 heavy (non-hydrogen) atoms. The smallest absolute Gasteiger partial charge is 0.0895 e. The van der Waals surface area contributed by atoms with E-state index in [1.54, 1.807) is 0 Å². The highest BCUT2D eigenvalue weighted by atomic mass is 16.5. The van der Waals surface area contributed by atoms with Crippen molar-refractivity contribution in [2.75, 3.05) is 26.4 Å². The van der Waals surface area contributed by atoms with Gasteiger partial charge < -0.3 is 20.3 Å². The molecule has 74 valence electrons. The highest BCUT2D eigenvalue weighted by Gasteiger charge is 2.00. The summed E-state index contributed by atoms with van der Waals surface area (Å²) in [5.41, 5.74) is 5.17. The third kappa shape index (κ3) is 7.94. The van der Waals surface area contributed by atoms with Crippen LogP contribution in [0.3, 0.4) is 0 Å². The predicted molar refractivity (Wildman–Crippen MR) is 47.0 cm³/mol. The lowest BCUT2D eigenvalue weighted by atomic mass is 10.4. The standard InChI is InChI=1S/C8H19NO3/c1-7(2)12-4-3-11-6-8(10)5-9/h7-8,10H,3-6,9H2,1-2H3. The summed E-state index contributed by atoms with van der Waals surface area (Å²) in [6.45, 7) is 5.54. The van der Waals surface area contributed by atoms with Crippen LogP contribution in [0, 0.1) is 0 Å². The fourth-order valence-corrected chi connectivity index (χ4v) is 0.630. The minimum Gasteiger partial charge on any atom is -0.389 e. The minimum absolute atomic E-state index is 0.230. The monoisotopic (exact) mass is 177 g/mol. The van der Waals surface area contributed by atoms with Gasteiger partial charge in [-0.25, -0.2) is 0 Å². The van der Waals surface area contributed by atoms with Gasteiger partial charge in [-0.3, -0.25) is 0 Å². The molecule has 0 aromatic heterocycles. The van der Waals surface area contributed by atoms with E-state index in [9.17, 15) is 0 Å². The molecule has 0 amide bonds. The van der Waals surface area contributed by atoms with Gasteiger partial charge in [0.1, 0.15) is 0 Å². The van der Waals surface area contributed by atoms with Crippen LogP contribution in [0.2, 0.25) is 0 Å². The summed E-state index contributed by atoms with van der Waals surface area (Å²) in [5, 5.41) is 8.98. The summed E-state index contributed by atoms with van der Waals surface area (Å²) in [6.07, 6.45) is -0.322. The molecule has 0 rings (SSSR count). The molecule has 0 heterocycles. The minimum atomic E-state index is -0.552. The Morgan fingerprint density at radius 2 is 2.00 bits per heavy atom. The Hall–Kier alpha value is -0.160. The Kier molecular flexibility index (Phi) is 7.39. The summed E-state index contributed by atoms with van der Waals surface area (Å²) in [4.78, 5) is 0. The maximum absolute atomic E-state index is 8.98. The molecule has 4 heteroatoms. The largest absolute Gasteiger partial charge is 0.389 e. The fourth-order valence-electron chi connectivity index (χ4n) is 0.630. The molecule has 0 saturated carbocycles. The van der Waals surface area contributed by atoms with Gasteiger partial charge in [-0.05, 0) is 13.8 Å². The Morgan fingerprint density at radius 3 is 2.50 bits per heavy atom. The molecule has 0 aliphatic carbocycles. The summed E-state index contributed by atoms with van der Waals surface area (Å²) in [5.74, 6) is 0. The van der Waals surface area contributed by atoms with Gasteiger partial charge >= 0.3 is 0 Å². The predicted octanol–water partition coefficient (Wildman–Crippen LogP) is -0.252. The van der Waals surface area contributed by atoms with Gasteiger partial charge in [-0.1, -0.05) is 0 Å². The number of aliphatic hydroxyl groups is 1. The van der Waals surface area contributed by atoms with Crippen LogP contribution in [0.4, 0.5) is 0 Å². The molecular weight excluding hydrogens is 158 g/mol.